The van der Waals surface area contributed by atoms with Gasteiger partial charge in [0, 0.05) is 29.8 Å². The highest BCUT2D eigenvalue weighted by atomic mass is 16.2. The summed E-state index contributed by atoms with van der Waals surface area (Å²) in [4.78, 5) is 29.3. The summed E-state index contributed by atoms with van der Waals surface area (Å²) in [6.07, 6.45) is 6.71. The minimum atomic E-state index is -0.505. The van der Waals surface area contributed by atoms with Crippen molar-refractivity contribution in [3.63, 3.8) is 0 Å². The molecule has 0 atom stereocenters. The van der Waals surface area contributed by atoms with Gasteiger partial charge in [-0.05, 0) is 18.6 Å². The van der Waals surface area contributed by atoms with E-state index in [4.69, 9.17) is 5.73 Å². The predicted octanol–water partition coefficient (Wildman–Crippen LogP) is 2.36. The van der Waals surface area contributed by atoms with Crippen molar-refractivity contribution in [3.8, 4) is 0 Å². The van der Waals surface area contributed by atoms with Crippen molar-refractivity contribution >= 4 is 28.8 Å². The molecule has 5 heteroatoms. The molecular weight excluding hydrogens is 290 g/mol. The lowest BCUT2D eigenvalue weighted by Gasteiger charge is -2.19. The van der Waals surface area contributed by atoms with E-state index in [0.29, 0.717) is 6.54 Å². The zero-order valence-corrected chi connectivity index (χ0v) is 13.2. The SMILES string of the molecule is CCCCN(CC(N)=O)C(=O)/C=C\c1cccc2cccnc12. The number of para-hydroxylation sites is 1. The van der Waals surface area contributed by atoms with Crippen LogP contribution in [0.2, 0.25) is 0 Å². The van der Waals surface area contributed by atoms with Gasteiger partial charge >= 0.3 is 0 Å². The van der Waals surface area contributed by atoms with Crippen molar-refractivity contribution < 1.29 is 9.59 Å². The number of hydrogen-bond donors (Lipinski definition) is 1. The quantitative estimate of drug-likeness (QED) is 0.797. The predicted molar refractivity (Wildman–Crippen MR) is 91.5 cm³/mol. The number of rotatable bonds is 7. The molecule has 1 aromatic heterocycles. The molecule has 0 bridgehead atoms. The fourth-order valence-electron chi connectivity index (χ4n) is 2.33. The monoisotopic (exact) mass is 311 g/mol. The molecule has 2 aromatic rings. The molecule has 0 aliphatic carbocycles. The number of primary amides is 1. The topological polar surface area (TPSA) is 76.3 Å². The number of carbonyl (C=O) groups excluding carboxylic acids is 2. The Bertz CT molecular complexity index is 720. The van der Waals surface area contributed by atoms with Crippen LogP contribution in [0.15, 0.2) is 42.6 Å². The summed E-state index contributed by atoms with van der Waals surface area (Å²) in [5, 5.41) is 1.02. The maximum Gasteiger partial charge on any atom is 0.247 e. The molecule has 2 N–H and O–H groups in total. The zero-order valence-electron chi connectivity index (χ0n) is 13.2. The molecule has 0 aliphatic heterocycles. The van der Waals surface area contributed by atoms with Gasteiger partial charge < -0.3 is 10.6 Å². The summed E-state index contributed by atoms with van der Waals surface area (Å²) in [6.45, 7) is 2.50. The minimum absolute atomic E-state index is 0.0586. The minimum Gasteiger partial charge on any atom is -0.368 e. The first-order chi connectivity index (χ1) is 11.1. The van der Waals surface area contributed by atoms with Gasteiger partial charge in [0.1, 0.15) is 0 Å². The van der Waals surface area contributed by atoms with E-state index in [0.717, 1.165) is 29.3 Å². The Labute approximate surface area is 135 Å². The van der Waals surface area contributed by atoms with E-state index in [1.807, 2.05) is 37.3 Å². The van der Waals surface area contributed by atoms with Crippen molar-refractivity contribution in [2.75, 3.05) is 13.1 Å². The number of amides is 2. The van der Waals surface area contributed by atoms with Crippen LogP contribution in [0.5, 0.6) is 0 Å². The van der Waals surface area contributed by atoms with E-state index in [2.05, 4.69) is 4.98 Å². The molecule has 1 aromatic carbocycles. The van der Waals surface area contributed by atoms with Gasteiger partial charge in [-0.3, -0.25) is 14.6 Å². The maximum absolute atomic E-state index is 12.3. The molecule has 23 heavy (non-hydrogen) atoms. The van der Waals surface area contributed by atoms with Gasteiger partial charge in [-0.25, -0.2) is 0 Å². The van der Waals surface area contributed by atoms with E-state index in [1.54, 1.807) is 12.3 Å². The highest BCUT2D eigenvalue weighted by Gasteiger charge is 2.12. The van der Waals surface area contributed by atoms with E-state index in [9.17, 15) is 9.59 Å². The third-order valence-electron chi connectivity index (χ3n) is 3.51. The van der Waals surface area contributed by atoms with Gasteiger partial charge in [0.2, 0.25) is 11.8 Å². The van der Waals surface area contributed by atoms with Crippen LogP contribution in [0.3, 0.4) is 0 Å². The number of hydrogen-bond acceptors (Lipinski definition) is 3. The lowest BCUT2D eigenvalue weighted by molar-refractivity contribution is -0.131. The second-order valence-corrected chi connectivity index (χ2v) is 5.34. The molecule has 5 nitrogen and oxygen atoms in total. The summed E-state index contributed by atoms with van der Waals surface area (Å²) >= 11 is 0. The van der Waals surface area contributed by atoms with Crippen LogP contribution < -0.4 is 5.73 Å². The summed E-state index contributed by atoms with van der Waals surface area (Å²) in [6, 6.07) is 9.65. The average Bonchev–Trinajstić information content (AvgIpc) is 2.56. The van der Waals surface area contributed by atoms with Crippen molar-refractivity contribution in [2.24, 2.45) is 5.73 Å². The molecule has 0 fully saturated rings. The van der Waals surface area contributed by atoms with Crippen LogP contribution in [0.4, 0.5) is 0 Å². The smallest absolute Gasteiger partial charge is 0.247 e. The summed E-state index contributed by atoms with van der Waals surface area (Å²) in [7, 11) is 0. The number of aromatic nitrogens is 1. The zero-order chi connectivity index (χ0) is 16.7. The van der Waals surface area contributed by atoms with Crippen molar-refractivity contribution in [3.05, 3.63) is 48.2 Å². The first kappa shape index (κ1) is 16.7. The Kier molecular flexibility index (Phi) is 5.86. The number of unbranched alkanes of at least 4 members (excludes halogenated alkanes) is 1. The van der Waals surface area contributed by atoms with Gasteiger partial charge in [0.15, 0.2) is 0 Å². The first-order valence-electron chi connectivity index (χ1n) is 7.71. The van der Waals surface area contributed by atoms with Gasteiger partial charge in [-0.15, -0.1) is 0 Å². The highest BCUT2D eigenvalue weighted by molar-refractivity contribution is 5.96. The van der Waals surface area contributed by atoms with Crippen molar-refractivity contribution in [2.45, 2.75) is 19.8 Å². The van der Waals surface area contributed by atoms with E-state index in [1.165, 1.54) is 11.0 Å². The third kappa shape index (κ3) is 4.64. The lowest BCUT2D eigenvalue weighted by atomic mass is 10.1. The Morgan fingerprint density at radius 2 is 2.04 bits per heavy atom. The number of benzene rings is 1. The summed E-state index contributed by atoms with van der Waals surface area (Å²) in [5.74, 6) is -0.722. The Morgan fingerprint density at radius 1 is 1.26 bits per heavy atom. The van der Waals surface area contributed by atoms with Gasteiger partial charge in [-0.1, -0.05) is 37.6 Å². The number of fused-ring (bicyclic) bond motifs is 1. The van der Waals surface area contributed by atoms with Crippen LogP contribution in [-0.4, -0.2) is 34.8 Å². The highest BCUT2D eigenvalue weighted by Crippen LogP contribution is 2.17. The van der Waals surface area contributed by atoms with Gasteiger partial charge in [0.05, 0.1) is 12.1 Å². The van der Waals surface area contributed by atoms with Crippen LogP contribution in [0.1, 0.15) is 25.3 Å². The summed E-state index contributed by atoms with van der Waals surface area (Å²) < 4.78 is 0. The molecule has 2 rings (SSSR count). The molecule has 0 radical (unpaired) electrons. The standard InChI is InChI=1S/C18H21N3O2/c1-2-3-12-21(13-16(19)22)17(23)10-9-15-7-4-6-14-8-5-11-20-18(14)15/h4-11H,2-3,12-13H2,1H3,(H2,19,22)/b10-9-. The van der Waals surface area contributed by atoms with Crippen LogP contribution in [0, 0.1) is 0 Å². The maximum atomic E-state index is 12.3. The second kappa shape index (κ2) is 8.08. The fraction of sp³-hybridized carbons (Fsp3) is 0.278. The number of nitrogens with two attached hydrogens (primary N) is 1. The molecule has 0 unspecified atom stereocenters. The molecular formula is C18H21N3O2. The van der Waals surface area contributed by atoms with Crippen LogP contribution >= 0.6 is 0 Å². The van der Waals surface area contributed by atoms with Gasteiger partial charge in [-0.2, -0.15) is 0 Å². The molecule has 0 aliphatic rings. The van der Waals surface area contributed by atoms with E-state index < -0.39 is 5.91 Å². The molecule has 2 amide bonds. The molecule has 1 heterocycles. The fourth-order valence-corrected chi connectivity index (χ4v) is 2.33. The first-order valence-corrected chi connectivity index (χ1v) is 7.71. The molecule has 0 spiro atoms. The molecule has 0 saturated heterocycles. The Morgan fingerprint density at radius 3 is 2.78 bits per heavy atom. The Hall–Kier alpha value is -2.69. The van der Waals surface area contributed by atoms with Crippen LogP contribution in [-0.2, 0) is 9.59 Å². The number of nitrogens with zero attached hydrogens (tertiary/aromatic N) is 2. The van der Waals surface area contributed by atoms with E-state index in [-0.39, 0.29) is 12.5 Å². The summed E-state index contributed by atoms with van der Waals surface area (Å²) in [5.41, 5.74) is 6.93. The Balaban J connectivity index is 2.18. The lowest BCUT2D eigenvalue weighted by Crippen LogP contribution is -2.38. The average molecular weight is 311 g/mol. The largest absolute Gasteiger partial charge is 0.368 e. The molecule has 0 saturated carbocycles. The van der Waals surface area contributed by atoms with Gasteiger partial charge in [0.25, 0.3) is 0 Å². The normalized spacial score (nSPS) is 11.0. The second-order valence-electron chi connectivity index (χ2n) is 5.34. The van der Waals surface area contributed by atoms with Crippen LogP contribution in [0.25, 0.3) is 17.0 Å². The van der Waals surface area contributed by atoms with Crippen molar-refractivity contribution in [1.82, 2.24) is 9.88 Å². The van der Waals surface area contributed by atoms with Crippen molar-refractivity contribution in [1.29, 1.82) is 0 Å². The molecule has 120 valence electrons. The number of pyridine rings is 1. The third-order valence-corrected chi connectivity index (χ3v) is 3.51. The number of carbonyl (C=O) groups is 2. The van der Waals surface area contributed by atoms with E-state index >= 15 is 0 Å².